The maximum atomic E-state index is 6.72. The zero-order chi connectivity index (χ0) is 36.4. The minimum atomic E-state index is -0.137. The van der Waals surface area contributed by atoms with E-state index in [1.165, 1.54) is 39.1 Å². The normalized spacial score (nSPS) is 11.9. The zero-order valence-corrected chi connectivity index (χ0v) is 33.7. The van der Waals surface area contributed by atoms with Gasteiger partial charge >= 0.3 is 20.4 Å². The summed E-state index contributed by atoms with van der Waals surface area (Å²) >= 11 is 0. The van der Waals surface area contributed by atoms with Gasteiger partial charge in [-0.25, -0.2) is 4.98 Å². The van der Waals surface area contributed by atoms with E-state index in [1.54, 1.807) is 0 Å². The van der Waals surface area contributed by atoms with Gasteiger partial charge in [0.1, 0.15) is 5.82 Å². The largest absolute Gasteiger partial charge is 2.00 e. The second-order valence-electron chi connectivity index (χ2n) is 15.7. The Balaban J connectivity index is 0.00000464. The van der Waals surface area contributed by atoms with E-state index in [4.69, 9.17) is 14.8 Å². The van der Waals surface area contributed by atoms with Gasteiger partial charge in [0.15, 0.2) is 0 Å². The molecule has 7 rings (SSSR count). The molecule has 0 N–H and O–H groups in total. The Morgan fingerprint density at radius 3 is 2.12 bits per heavy atom. The van der Waals surface area contributed by atoms with Crippen LogP contribution in [0.2, 0.25) is 0 Å². The molecule has 0 unspecified atom stereocenters. The molecule has 0 spiro atoms. The summed E-state index contributed by atoms with van der Waals surface area (Å²) in [7, 11) is 0. The number of fused-ring (bicyclic) bond motifs is 3. The van der Waals surface area contributed by atoms with Gasteiger partial charge in [0.05, 0.1) is 11.4 Å². The summed E-state index contributed by atoms with van der Waals surface area (Å²) in [6.07, 6.45) is 1.90. The zero-order valence-electron chi connectivity index (χ0n) is 32.2. The molecule has 0 atom stereocenters. The van der Waals surface area contributed by atoms with Crippen molar-refractivity contribution in [3.63, 3.8) is 0 Å². The van der Waals surface area contributed by atoms with Crippen LogP contribution < -0.4 is 4.74 Å². The predicted molar refractivity (Wildman–Crippen MR) is 211 cm³/mol. The topological polar surface area (TPSA) is 44.9 Å². The number of ether oxygens (including phenoxy) is 1. The second kappa shape index (κ2) is 14.1. The van der Waals surface area contributed by atoms with Crippen molar-refractivity contribution >= 4 is 21.8 Å². The van der Waals surface area contributed by atoms with Crippen LogP contribution in [-0.2, 0) is 25.8 Å². The quantitative estimate of drug-likeness (QED) is 0.120. The summed E-state index contributed by atoms with van der Waals surface area (Å²) in [6, 6.07) is 33.0. The van der Waals surface area contributed by atoms with Crippen molar-refractivity contribution in [2.45, 2.75) is 93.4 Å². The Labute approximate surface area is 322 Å². The van der Waals surface area contributed by atoms with E-state index >= 15 is 0 Å². The van der Waals surface area contributed by atoms with Crippen molar-refractivity contribution in [1.82, 2.24) is 19.3 Å². The maximum Gasteiger partial charge on any atom is 2.00 e. The van der Waals surface area contributed by atoms with Crippen molar-refractivity contribution in [2.75, 3.05) is 0 Å². The molecule has 4 aromatic carbocycles. The number of benzene rings is 4. The van der Waals surface area contributed by atoms with E-state index < -0.39 is 0 Å². The number of pyridine rings is 1. The molecule has 6 heteroatoms. The summed E-state index contributed by atoms with van der Waals surface area (Å²) in [5.41, 5.74) is 13.6. The van der Waals surface area contributed by atoms with Crippen LogP contribution in [-0.4, -0.2) is 19.3 Å². The van der Waals surface area contributed by atoms with E-state index in [0.717, 1.165) is 44.6 Å². The summed E-state index contributed by atoms with van der Waals surface area (Å²) in [4.78, 5) is 4.82. The molecular formula is C46H48N4OPd. The first-order valence-corrected chi connectivity index (χ1v) is 18.1. The summed E-state index contributed by atoms with van der Waals surface area (Å²) in [5.74, 6) is 2.72. The molecule has 3 heterocycles. The number of hydrogen-bond donors (Lipinski definition) is 0. The van der Waals surface area contributed by atoms with Crippen molar-refractivity contribution in [3.8, 4) is 34.1 Å². The number of para-hydroxylation sites is 1. The van der Waals surface area contributed by atoms with Gasteiger partial charge in [-0.15, -0.1) is 41.3 Å². The monoisotopic (exact) mass is 778 g/mol. The SMILES string of the molecule is Cc1cc(C)c(-c2c(C)nn(-c3[c-]c(Oc4[c-]c5c(cc4)c4ccccc4n5-c4cc(C(C)C)ccn4)cc(C(C)(C)C)c3)c2C(C)C)c(C)c1.[Pd+2]. The van der Waals surface area contributed by atoms with Gasteiger partial charge < -0.3 is 9.30 Å². The molecular weight excluding hydrogens is 731 g/mol. The molecule has 0 aliphatic heterocycles. The average Bonchev–Trinajstić information content (AvgIpc) is 3.58. The Bertz CT molecular complexity index is 2420. The smallest absolute Gasteiger partial charge is 0.509 e. The molecule has 3 aromatic heterocycles. The van der Waals surface area contributed by atoms with Crippen LogP contribution in [0.4, 0.5) is 0 Å². The second-order valence-corrected chi connectivity index (χ2v) is 15.7. The first-order chi connectivity index (χ1) is 24.2. The van der Waals surface area contributed by atoms with Crippen LogP contribution in [0.15, 0.2) is 79.0 Å². The van der Waals surface area contributed by atoms with E-state index in [0.29, 0.717) is 17.4 Å². The third-order valence-electron chi connectivity index (χ3n) is 9.94. The minimum absolute atomic E-state index is 0. The molecule has 0 amide bonds. The number of aromatic nitrogens is 4. The fourth-order valence-corrected chi connectivity index (χ4v) is 7.48. The Kier molecular flexibility index (Phi) is 10.1. The third-order valence-corrected chi connectivity index (χ3v) is 9.94. The first-order valence-electron chi connectivity index (χ1n) is 18.1. The van der Waals surface area contributed by atoms with E-state index in [2.05, 4.69) is 164 Å². The molecule has 0 aliphatic carbocycles. The maximum absolute atomic E-state index is 6.72. The first kappa shape index (κ1) is 37.3. The van der Waals surface area contributed by atoms with E-state index in [1.807, 2.05) is 12.3 Å². The molecule has 5 nitrogen and oxygen atoms in total. The number of hydrogen-bond acceptors (Lipinski definition) is 3. The van der Waals surface area contributed by atoms with Gasteiger partial charge in [0.25, 0.3) is 0 Å². The van der Waals surface area contributed by atoms with Crippen LogP contribution in [0, 0.1) is 39.8 Å². The third kappa shape index (κ3) is 6.75. The van der Waals surface area contributed by atoms with Crippen molar-refractivity contribution in [2.24, 2.45) is 0 Å². The average molecular weight is 779 g/mol. The van der Waals surface area contributed by atoms with Gasteiger partial charge in [-0.1, -0.05) is 89.9 Å². The fourth-order valence-electron chi connectivity index (χ4n) is 7.48. The van der Waals surface area contributed by atoms with Crippen molar-refractivity contribution < 1.29 is 25.2 Å². The molecule has 0 saturated carbocycles. The molecule has 52 heavy (non-hydrogen) atoms. The van der Waals surface area contributed by atoms with Gasteiger partial charge in [0, 0.05) is 28.8 Å². The molecule has 0 fully saturated rings. The van der Waals surface area contributed by atoms with Crippen LogP contribution >= 0.6 is 0 Å². The van der Waals surface area contributed by atoms with E-state index in [-0.39, 0.29) is 31.8 Å². The fraction of sp³-hybridized carbons (Fsp3) is 0.304. The Morgan fingerprint density at radius 2 is 1.44 bits per heavy atom. The summed E-state index contributed by atoms with van der Waals surface area (Å²) in [5, 5.41) is 7.45. The summed E-state index contributed by atoms with van der Waals surface area (Å²) < 4.78 is 11.0. The molecule has 268 valence electrons. The molecule has 0 radical (unpaired) electrons. The number of nitrogens with zero attached hydrogens (tertiary/aromatic N) is 4. The molecule has 0 aliphatic rings. The number of rotatable bonds is 7. The van der Waals surface area contributed by atoms with E-state index in [9.17, 15) is 0 Å². The minimum Gasteiger partial charge on any atom is -0.509 e. The number of aryl methyl sites for hydroxylation is 4. The van der Waals surface area contributed by atoms with Crippen LogP contribution in [0.5, 0.6) is 11.5 Å². The van der Waals surface area contributed by atoms with Crippen LogP contribution in [0.1, 0.15) is 99.5 Å². The molecule has 0 bridgehead atoms. The van der Waals surface area contributed by atoms with Crippen molar-refractivity contribution in [3.05, 3.63) is 130 Å². The van der Waals surface area contributed by atoms with Crippen LogP contribution in [0.25, 0.3) is 44.4 Å². The van der Waals surface area contributed by atoms with Gasteiger partial charge in [-0.3, -0.25) is 4.68 Å². The van der Waals surface area contributed by atoms with Gasteiger partial charge in [-0.2, -0.15) is 11.2 Å². The Hall–Kier alpha value is -4.50. The van der Waals surface area contributed by atoms with Gasteiger partial charge in [0.2, 0.25) is 0 Å². The van der Waals surface area contributed by atoms with Crippen molar-refractivity contribution in [1.29, 1.82) is 0 Å². The summed E-state index contributed by atoms with van der Waals surface area (Å²) in [6.45, 7) is 24.3. The predicted octanol–water partition coefficient (Wildman–Crippen LogP) is 12.2. The molecule has 7 aromatic rings. The standard InChI is InChI=1S/C46H48N4O.Pd/c1-27(2)33-18-19-47-42(22-33)49-40-15-13-12-14-38(40)39-17-16-36(26-41(39)49)51-37-24-34(46(9,10)11)23-35(25-37)50-45(28(3)4)44(32(8)48-50)43-30(6)20-29(5)21-31(43)7;/h12-24,27-28H,1-11H3;/q-2;+2. The Morgan fingerprint density at radius 1 is 0.731 bits per heavy atom. The molecule has 0 saturated heterocycles. The van der Waals surface area contributed by atoms with Crippen LogP contribution in [0.3, 0.4) is 0 Å². The van der Waals surface area contributed by atoms with Gasteiger partial charge in [-0.05, 0) is 96.5 Å².